The van der Waals surface area contributed by atoms with E-state index < -0.39 is 34.5 Å². The molecule has 0 amide bonds. The van der Waals surface area contributed by atoms with Crippen LogP contribution in [0.25, 0.3) is 0 Å². The van der Waals surface area contributed by atoms with Crippen LogP contribution in [0.3, 0.4) is 0 Å². The minimum atomic E-state index is -2.03. The molecule has 0 aromatic heterocycles. The highest BCUT2D eigenvalue weighted by Crippen LogP contribution is 2.69. The van der Waals surface area contributed by atoms with E-state index in [0.717, 1.165) is 18.8 Å². The topological polar surface area (TPSA) is 126 Å². The van der Waals surface area contributed by atoms with E-state index in [9.17, 15) is 15.8 Å². The molecule has 2 aliphatic rings. The van der Waals surface area contributed by atoms with Gasteiger partial charge >= 0.3 is 0 Å². The van der Waals surface area contributed by atoms with E-state index >= 15 is 0 Å². The van der Waals surface area contributed by atoms with Gasteiger partial charge in [0.1, 0.15) is 11.9 Å². The van der Waals surface area contributed by atoms with Gasteiger partial charge in [-0.1, -0.05) is 24.3 Å². The molecular formula is C27H27N5O3. The number of hydrogen-bond acceptors (Lipinski definition) is 8. The van der Waals surface area contributed by atoms with Crippen LogP contribution in [-0.2, 0) is 9.47 Å². The highest BCUT2D eigenvalue weighted by molar-refractivity contribution is 5.90. The molecule has 2 aromatic rings. The first kappa shape index (κ1) is 24.1. The lowest BCUT2D eigenvalue weighted by molar-refractivity contribution is -0.253. The number of nitriles is 3. The Bertz CT molecular complexity index is 1240. The number of anilines is 1. The Morgan fingerprint density at radius 3 is 2.00 bits per heavy atom. The number of hydrogen-bond donors (Lipinski definition) is 1. The monoisotopic (exact) mass is 469 g/mol. The summed E-state index contributed by atoms with van der Waals surface area (Å²) < 4.78 is 17.6. The van der Waals surface area contributed by atoms with Crippen LogP contribution in [0.2, 0.25) is 0 Å². The van der Waals surface area contributed by atoms with E-state index in [-0.39, 0.29) is 0 Å². The third-order valence-electron chi connectivity index (χ3n) is 7.29. The molecule has 4 atom stereocenters. The maximum atomic E-state index is 10.6. The SMILES string of the molecule is CCN(CC)c1ccc(C2OC3(C)OC(=N)C(C#N)(C3c3ccc(OC)cc3)C2(C#N)C#N)cc1. The summed E-state index contributed by atoms with van der Waals surface area (Å²) >= 11 is 0. The number of ether oxygens (including phenoxy) is 3. The van der Waals surface area contributed by atoms with Crippen LogP contribution in [0.15, 0.2) is 48.5 Å². The fourth-order valence-corrected chi connectivity index (χ4v) is 5.53. The second-order valence-electron chi connectivity index (χ2n) is 8.87. The Labute approximate surface area is 205 Å². The van der Waals surface area contributed by atoms with Gasteiger partial charge in [0.2, 0.25) is 17.1 Å². The Balaban J connectivity index is 1.90. The molecule has 2 aliphatic heterocycles. The number of benzene rings is 2. The van der Waals surface area contributed by atoms with Crippen LogP contribution in [0.5, 0.6) is 5.75 Å². The maximum Gasteiger partial charge on any atom is 0.218 e. The molecule has 8 heteroatoms. The number of nitrogens with zero attached hydrogens (tertiary/aromatic N) is 4. The Hall–Kier alpha value is -4.06. The molecule has 2 fully saturated rings. The van der Waals surface area contributed by atoms with E-state index in [1.165, 1.54) is 0 Å². The number of nitrogens with one attached hydrogen (secondary N) is 1. The minimum Gasteiger partial charge on any atom is -0.497 e. The van der Waals surface area contributed by atoms with E-state index in [4.69, 9.17) is 19.6 Å². The van der Waals surface area contributed by atoms with Crippen LogP contribution in [0, 0.1) is 50.2 Å². The van der Waals surface area contributed by atoms with Crippen molar-refractivity contribution >= 4 is 11.6 Å². The van der Waals surface area contributed by atoms with Gasteiger partial charge in [0.05, 0.1) is 31.2 Å². The van der Waals surface area contributed by atoms with Crippen molar-refractivity contribution in [2.45, 2.75) is 38.6 Å². The van der Waals surface area contributed by atoms with Crippen LogP contribution >= 0.6 is 0 Å². The van der Waals surface area contributed by atoms with Gasteiger partial charge in [-0.15, -0.1) is 0 Å². The molecule has 178 valence electrons. The summed E-state index contributed by atoms with van der Waals surface area (Å²) in [6.07, 6.45) is -1.11. The molecule has 0 spiro atoms. The van der Waals surface area contributed by atoms with E-state index in [2.05, 4.69) is 37.0 Å². The van der Waals surface area contributed by atoms with Crippen molar-refractivity contribution in [3.63, 3.8) is 0 Å². The van der Waals surface area contributed by atoms with Crippen LogP contribution in [0.1, 0.15) is 43.9 Å². The Morgan fingerprint density at radius 2 is 1.51 bits per heavy atom. The van der Waals surface area contributed by atoms with Gasteiger partial charge in [-0.3, -0.25) is 5.41 Å². The molecule has 4 rings (SSSR count). The van der Waals surface area contributed by atoms with Gasteiger partial charge in [0, 0.05) is 25.7 Å². The minimum absolute atomic E-state index is 0.436. The average molecular weight is 470 g/mol. The normalized spacial score (nSPS) is 28.2. The van der Waals surface area contributed by atoms with E-state index in [1.54, 1.807) is 38.3 Å². The first-order valence-corrected chi connectivity index (χ1v) is 11.5. The van der Waals surface area contributed by atoms with Gasteiger partial charge in [0.25, 0.3) is 0 Å². The van der Waals surface area contributed by atoms with E-state index in [0.29, 0.717) is 16.9 Å². The maximum absolute atomic E-state index is 10.6. The van der Waals surface area contributed by atoms with Crippen molar-refractivity contribution < 1.29 is 14.2 Å². The third kappa shape index (κ3) is 3.16. The summed E-state index contributed by atoms with van der Waals surface area (Å²) in [5.41, 5.74) is -1.74. The zero-order chi connectivity index (χ0) is 25.4. The van der Waals surface area contributed by atoms with Crippen molar-refractivity contribution in [2.24, 2.45) is 10.8 Å². The molecular weight excluding hydrogens is 442 g/mol. The first-order valence-electron chi connectivity index (χ1n) is 11.5. The standard InChI is InChI=1S/C27H27N5O3/c1-5-32(6-2)20-11-7-19(8-12-20)23-26(15-28,16-29)27(17-30)22(25(3,34-23)35-24(27)31)18-9-13-21(33-4)14-10-18/h7-14,22-23,31H,5-6H2,1-4H3. The van der Waals surface area contributed by atoms with Gasteiger partial charge in [-0.25, -0.2) is 0 Å². The number of fused-ring (bicyclic) bond motifs is 2. The van der Waals surface area contributed by atoms with Crippen molar-refractivity contribution in [3.8, 4) is 24.0 Å². The van der Waals surface area contributed by atoms with Gasteiger partial charge in [0.15, 0.2) is 5.41 Å². The smallest absolute Gasteiger partial charge is 0.218 e. The summed E-state index contributed by atoms with van der Waals surface area (Å²) in [5.74, 6) is -2.15. The molecule has 4 unspecified atom stereocenters. The molecule has 1 N–H and O–H groups in total. The third-order valence-corrected chi connectivity index (χ3v) is 7.29. The highest BCUT2D eigenvalue weighted by Gasteiger charge is 2.79. The van der Waals surface area contributed by atoms with E-state index in [1.807, 2.05) is 24.3 Å². The molecule has 2 saturated heterocycles. The zero-order valence-electron chi connectivity index (χ0n) is 20.2. The lowest BCUT2D eigenvalue weighted by Crippen LogP contribution is -2.57. The second-order valence-corrected chi connectivity index (χ2v) is 8.87. The highest BCUT2D eigenvalue weighted by atomic mass is 16.7. The van der Waals surface area contributed by atoms with Crippen molar-refractivity contribution in [2.75, 3.05) is 25.1 Å². The number of rotatable bonds is 6. The molecule has 2 aromatic carbocycles. The van der Waals surface area contributed by atoms with Gasteiger partial charge in [-0.05, 0) is 49.2 Å². The summed E-state index contributed by atoms with van der Waals surface area (Å²) in [4.78, 5) is 2.17. The average Bonchev–Trinajstić information content (AvgIpc) is 3.07. The molecule has 0 aliphatic carbocycles. The quantitative estimate of drug-likeness (QED) is 0.652. The predicted molar refractivity (Wildman–Crippen MR) is 128 cm³/mol. The van der Waals surface area contributed by atoms with Crippen LogP contribution in [0.4, 0.5) is 5.69 Å². The second kappa shape index (κ2) is 8.62. The summed E-state index contributed by atoms with van der Waals surface area (Å²) in [5, 5.41) is 40.2. The Morgan fingerprint density at radius 1 is 0.943 bits per heavy atom. The molecule has 0 saturated carbocycles. The molecule has 35 heavy (non-hydrogen) atoms. The van der Waals surface area contributed by atoms with Crippen molar-refractivity contribution in [1.82, 2.24) is 0 Å². The van der Waals surface area contributed by atoms with Gasteiger partial charge in [-0.2, -0.15) is 15.8 Å². The Kier molecular flexibility index (Phi) is 5.93. The fraction of sp³-hybridized carbons (Fsp3) is 0.407. The largest absolute Gasteiger partial charge is 0.497 e. The lowest BCUT2D eigenvalue weighted by atomic mass is 9.52. The fourth-order valence-electron chi connectivity index (χ4n) is 5.53. The molecule has 2 bridgehead atoms. The molecule has 2 heterocycles. The molecule has 0 radical (unpaired) electrons. The van der Waals surface area contributed by atoms with Crippen molar-refractivity contribution in [3.05, 3.63) is 59.7 Å². The van der Waals surface area contributed by atoms with Gasteiger partial charge < -0.3 is 19.1 Å². The number of methoxy groups -OCH3 is 1. The summed E-state index contributed by atoms with van der Waals surface area (Å²) in [7, 11) is 1.55. The molecule has 8 nitrogen and oxygen atoms in total. The van der Waals surface area contributed by atoms with Crippen LogP contribution in [-0.4, -0.2) is 31.9 Å². The van der Waals surface area contributed by atoms with Crippen LogP contribution < -0.4 is 9.64 Å². The summed E-state index contributed by atoms with van der Waals surface area (Å²) in [6.45, 7) is 7.46. The predicted octanol–water partition coefficient (Wildman–Crippen LogP) is 4.66. The first-order chi connectivity index (χ1) is 16.8. The summed E-state index contributed by atoms with van der Waals surface area (Å²) in [6, 6.07) is 20.8. The lowest BCUT2D eigenvalue weighted by Gasteiger charge is -2.49. The van der Waals surface area contributed by atoms with Crippen molar-refractivity contribution in [1.29, 1.82) is 21.2 Å². The zero-order valence-corrected chi connectivity index (χ0v) is 20.2.